The number of carbonyl (C=O) groups is 12. The number of ether oxygens (including phenoxy) is 2. The van der Waals surface area contributed by atoms with E-state index in [1.54, 1.807) is 24.3 Å². The van der Waals surface area contributed by atoms with Crippen molar-refractivity contribution in [3.63, 3.8) is 0 Å². The molecule has 3 aliphatic carbocycles. The molecule has 20 heteroatoms. The fourth-order valence-electron chi connectivity index (χ4n) is 25.7. The molecular formula is C127H172N6O14. The van der Waals surface area contributed by atoms with Crippen molar-refractivity contribution >= 4 is 71.0 Å². The molecule has 2 N–H and O–H groups in total. The lowest BCUT2D eigenvalue weighted by Gasteiger charge is -2.44. The van der Waals surface area contributed by atoms with Crippen molar-refractivity contribution in [3.8, 4) is 22.6 Å². The zero-order valence-electron chi connectivity index (χ0n) is 89.5. The Labute approximate surface area is 878 Å². The highest BCUT2D eigenvalue weighted by Gasteiger charge is 2.48. The first-order valence-corrected chi connectivity index (χ1v) is 58.3. The minimum absolute atomic E-state index is 0.0176. The van der Waals surface area contributed by atoms with E-state index in [0.29, 0.717) is 26.2 Å². The number of benzene rings is 6. The van der Waals surface area contributed by atoms with Crippen molar-refractivity contribution in [2.24, 2.45) is 47.3 Å². The van der Waals surface area contributed by atoms with Crippen LogP contribution in [0.5, 0.6) is 11.5 Å². The number of rotatable bonds is 70. The Hall–Kier alpha value is -10.8. The first-order valence-electron chi connectivity index (χ1n) is 58.3. The number of unbranched alkanes of at least 4 members (excludes halogenated alkanes) is 36. The quantitative estimate of drug-likeness (QED) is 0.0155. The number of nitrogens with one attached hydrogen (secondary N) is 2. The average Bonchev–Trinajstić information content (AvgIpc) is 1.54. The van der Waals surface area contributed by atoms with Crippen LogP contribution in [0.15, 0.2) is 158 Å². The van der Waals surface area contributed by atoms with Crippen LogP contribution in [0.1, 0.15) is 472 Å². The van der Waals surface area contributed by atoms with E-state index >= 15 is 0 Å². The third-order valence-electron chi connectivity index (χ3n) is 33.7. The number of imide groups is 4. The molecule has 0 radical (unpaired) electrons. The third kappa shape index (κ3) is 31.7. The zero-order chi connectivity index (χ0) is 103. The summed E-state index contributed by atoms with van der Waals surface area (Å²) < 4.78 is 12.0. The monoisotopic (exact) mass is 2010 g/mol. The highest BCUT2D eigenvalue weighted by Crippen LogP contribution is 2.57. The molecule has 794 valence electrons. The molecule has 13 rings (SSSR count). The van der Waals surface area contributed by atoms with Crippen LogP contribution in [-0.2, 0) is 34.2 Å². The molecule has 4 aliphatic heterocycles. The molecule has 6 aromatic rings. The van der Waals surface area contributed by atoms with E-state index in [9.17, 15) is 57.5 Å². The van der Waals surface area contributed by atoms with Crippen LogP contribution < -0.4 is 20.1 Å². The van der Waals surface area contributed by atoms with E-state index in [4.69, 9.17) is 9.47 Å². The maximum absolute atomic E-state index is 14.1. The number of fused-ring (bicyclic) bond motifs is 5. The summed E-state index contributed by atoms with van der Waals surface area (Å²) >= 11 is 0. The van der Waals surface area contributed by atoms with E-state index in [-0.39, 0.29) is 68.5 Å². The van der Waals surface area contributed by atoms with Crippen LogP contribution in [0, 0.1) is 47.3 Å². The summed E-state index contributed by atoms with van der Waals surface area (Å²) in [6, 6.07) is 39.4. The second kappa shape index (κ2) is 60.2. The summed E-state index contributed by atoms with van der Waals surface area (Å²) in [4.78, 5) is 163. The fraction of sp³-hybridized carbons (Fsp3) is 0.591. The molecular weight excluding hydrogens is 1830 g/mol. The lowest BCUT2D eigenvalue weighted by molar-refractivity contribution is -0.138. The smallest absolute Gasteiger partial charge is 0.343 e. The van der Waals surface area contributed by atoms with Crippen molar-refractivity contribution in [1.82, 2.24) is 30.2 Å². The Morgan fingerprint density at radius 1 is 0.279 bits per heavy atom. The fourth-order valence-corrected chi connectivity index (χ4v) is 25.7. The summed E-state index contributed by atoms with van der Waals surface area (Å²) in [6.07, 6.45) is 74.8. The second-order valence-corrected chi connectivity index (χ2v) is 43.9. The minimum atomic E-state index is -0.921. The number of nitrogens with zero attached hydrogens (tertiary/aromatic N) is 4. The van der Waals surface area contributed by atoms with Crippen LogP contribution in [0.25, 0.3) is 11.1 Å². The number of carbonyl (C=O) groups excluding carboxylic acids is 12. The van der Waals surface area contributed by atoms with Gasteiger partial charge in [-0.1, -0.05) is 383 Å². The summed E-state index contributed by atoms with van der Waals surface area (Å²) in [5.74, 6) is 1.31. The molecule has 2 saturated carbocycles. The molecule has 0 aromatic heterocycles. The second-order valence-electron chi connectivity index (χ2n) is 43.9. The van der Waals surface area contributed by atoms with Crippen molar-refractivity contribution in [2.75, 3.05) is 39.3 Å². The zero-order valence-corrected chi connectivity index (χ0v) is 89.5. The minimum Gasteiger partial charge on any atom is -0.423 e. The van der Waals surface area contributed by atoms with Crippen LogP contribution in [-0.4, -0.2) is 130 Å². The summed E-state index contributed by atoms with van der Waals surface area (Å²) in [7, 11) is 0. The van der Waals surface area contributed by atoms with Gasteiger partial charge in [-0.3, -0.25) is 67.5 Å². The molecule has 10 amide bonds. The molecule has 8 atom stereocenters. The van der Waals surface area contributed by atoms with Gasteiger partial charge in [0.2, 0.25) is 11.8 Å². The first-order chi connectivity index (χ1) is 71.8. The topological polar surface area (TPSA) is 260 Å². The largest absolute Gasteiger partial charge is 0.423 e. The Balaban J connectivity index is 0.544. The number of amides is 10. The molecule has 8 unspecified atom stereocenters. The molecule has 0 spiro atoms. The molecule has 4 heterocycles. The van der Waals surface area contributed by atoms with Crippen LogP contribution >= 0.6 is 0 Å². The van der Waals surface area contributed by atoms with Crippen LogP contribution in [0.3, 0.4) is 0 Å². The van der Waals surface area contributed by atoms with Crippen molar-refractivity contribution in [3.05, 3.63) is 213 Å². The van der Waals surface area contributed by atoms with Gasteiger partial charge in [0.25, 0.3) is 47.3 Å². The normalized spacial score (nSPS) is 19.2. The lowest BCUT2D eigenvalue weighted by Crippen LogP contribution is -2.40. The predicted octanol–water partition coefficient (Wildman–Crippen LogP) is 28.6. The Morgan fingerprint density at radius 3 is 0.857 bits per heavy atom. The maximum atomic E-state index is 14.1. The number of hydrogen-bond donors (Lipinski definition) is 2. The van der Waals surface area contributed by atoms with Crippen LogP contribution in [0.4, 0.5) is 0 Å². The molecule has 20 nitrogen and oxygen atoms in total. The maximum Gasteiger partial charge on any atom is 0.343 e. The highest BCUT2D eigenvalue weighted by atomic mass is 16.5. The van der Waals surface area contributed by atoms with E-state index in [1.807, 2.05) is 48.5 Å². The Bertz CT molecular complexity index is 5000. The predicted molar refractivity (Wildman–Crippen MR) is 584 cm³/mol. The molecule has 147 heavy (non-hydrogen) atoms. The van der Waals surface area contributed by atoms with Gasteiger partial charge in [0.1, 0.15) is 24.6 Å². The molecule has 2 fully saturated rings. The van der Waals surface area contributed by atoms with Gasteiger partial charge >= 0.3 is 11.9 Å². The number of esters is 2. The van der Waals surface area contributed by atoms with E-state index < -0.39 is 65.9 Å². The summed E-state index contributed by atoms with van der Waals surface area (Å²) in [5.41, 5.74) is 5.15. The molecule has 0 bridgehead atoms. The first kappa shape index (κ1) is 113. The van der Waals surface area contributed by atoms with Gasteiger partial charge in [-0.15, -0.1) is 0 Å². The van der Waals surface area contributed by atoms with Crippen molar-refractivity contribution in [1.29, 1.82) is 0 Å². The van der Waals surface area contributed by atoms with E-state index in [1.165, 1.54) is 340 Å². The van der Waals surface area contributed by atoms with E-state index in [2.05, 4.69) is 62.6 Å². The average molecular weight is 2010 g/mol. The van der Waals surface area contributed by atoms with Gasteiger partial charge in [-0.05, 0) is 218 Å². The summed E-state index contributed by atoms with van der Waals surface area (Å²) in [5, 5.41) is 5.91. The molecule has 6 aromatic carbocycles. The van der Waals surface area contributed by atoms with Gasteiger partial charge in [0.05, 0.1) is 38.8 Å². The number of hydrogen-bond acceptors (Lipinski definition) is 14. The van der Waals surface area contributed by atoms with Gasteiger partial charge < -0.3 is 20.1 Å². The molecule has 0 saturated heterocycles. The third-order valence-corrected chi connectivity index (χ3v) is 33.7. The van der Waals surface area contributed by atoms with Crippen molar-refractivity contribution in [2.45, 2.75) is 393 Å². The SMILES string of the molecule is CCCCCCCCC1C(CCCCCC)CCC(CCCCCCCCN2C(=O)C=CC2=O)C1CCCCCCCCNC(=O)CN1C(=O)c2ccc(C(=O)Oc3ccc(C4(c5ccc(OC(=O)c6ccc7c(c6)C(=O)N(CC(=O)NCCCCCCCCC6C(CCCCCCCCN8C(=O)C=CC8=O)CCC(CCCCCC)C6CCCCCCCC)C7=O)cc5)c5ccccc5-c5ccccc54)cc3)cc2C1=O. The van der Waals surface area contributed by atoms with Gasteiger partial charge in [0, 0.05) is 50.5 Å². The Kier molecular flexibility index (Phi) is 46.4. The van der Waals surface area contributed by atoms with E-state index in [0.717, 1.165) is 180 Å². The standard InChI is InChI=1S/C127H172N6O14/c1-5-9-13-17-29-41-57-103-93(53-37-15-11-7-3)65-67-95(55-39-27-21-25-35-51-87-130-117(136)81-82-118(130)137)105(103)59-43-31-19-23-33-49-85-128-115(134)91-132-121(140)109-79-69-97(89-111(109)123(132)142)125(144)146-101-75-71-99(72-76-101)127(113-63-47-45-61-107(113)108-62-46-48-64-114(108)127)100-73-77-102(78-74-100)147-126(145)98-70-80-110-112(90-98)124(143)133(122(110)141)92-116(135)129-86-50-34-24-20-32-44-60-106-96(56-40-28-22-26-36-52-88-131-119(138)83-84-120(131)139)68-66-94(54-38-16-12-8-4)104(106)58-42-30-18-14-10-6-2/h45-48,61-64,69-84,89-90,93-96,103-106H,5-44,49-60,65-68,85-88,91-92H2,1-4H3,(H,128,134)(H,129,135). The summed E-state index contributed by atoms with van der Waals surface area (Å²) in [6.45, 7) is 10.2. The molecule has 7 aliphatic rings. The van der Waals surface area contributed by atoms with Gasteiger partial charge in [-0.25, -0.2) is 9.59 Å². The highest BCUT2D eigenvalue weighted by molar-refractivity contribution is 6.24. The van der Waals surface area contributed by atoms with Gasteiger partial charge in [-0.2, -0.15) is 0 Å². The van der Waals surface area contributed by atoms with Gasteiger partial charge in [0.15, 0.2) is 0 Å². The van der Waals surface area contributed by atoms with Crippen molar-refractivity contribution < 1.29 is 67.0 Å². The Morgan fingerprint density at radius 2 is 0.544 bits per heavy atom. The van der Waals surface area contributed by atoms with Crippen LogP contribution in [0.2, 0.25) is 0 Å². The lowest BCUT2D eigenvalue weighted by atomic mass is 9.61.